The zero-order chi connectivity index (χ0) is 35.7. The Bertz CT molecular complexity index is 3100. The van der Waals surface area contributed by atoms with Crippen molar-refractivity contribution in [3.05, 3.63) is 192 Å². The van der Waals surface area contributed by atoms with Gasteiger partial charge in [-0.25, -0.2) is 0 Å². The highest BCUT2D eigenvalue weighted by molar-refractivity contribution is 6.11. The highest BCUT2D eigenvalue weighted by atomic mass is 16.3. The van der Waals surface area contributed by atoms with E-state index in [2.05, 4.69) is 187 Å². The normalized spacial score (nSPS) is 17.6. The van der Waals surface area contributed by atoms with Crippen molar-refractivity contribution >= 4 is 55.1 Å². The van der Waals surface area contributed by atoms with E-state index in [1.165, 1.54) is 66.4 Å². The molecule has 0 saturated carbocycles. The molecule has 0 amide bonds. The summed E-state index contributed by atoms with van der Waals surface area (Å²) in [5.41, 5.74) is 17.3. The molecule has 2 aromatic heterocycles. The van der Waals surface area contributed by atoms with Gasteiger partial charge in [-0.3, -0.25) is 0 Å². The first-order valence-corrected chi connectivity index (χ1v) is 19.0. The quantitative estimate of drug-likeness (QED) is 0.183. The van der Waals surface area contributed by atoms with E-state index in [4.69, 9.17) is 4.42 Å². The SMILES string of the molecule is CC1(C)c2ccccc2-c2c(-c3ccc(N(C4=CC=CC5c6cccc7c8ccccc8n(c67)C45)c4ccc5oc6ccccc6c5c4)cc3)cccc21. The van der Waals surface area contributed by atoms with Crippen LogP contribution in [-0.2, 0) is 5.41 Å². The molecule has 3 heteroatoms. The van der Waals surface area contributed by atoms with Crippen LogP contribution < -0.4 is 4.90 Å². The fourth-order valence-corrected chi connectivity index (χ4v) is 10.2. The van der Waals surface area contributed by atoms with E-state index >= 15 is 0 Å². The number of aromatic nitrogens is 1. The van der Waals surface area contributed by atoms with E-state index in [9.17, 15) is 0 Å². The first-order chi connectivity index (χ1) is 26.6. The summed E-state index contributed by atoms with van der Waals surface area (Å²) in [5.74, 6) is 0.226. The first-order valence-electron chi connectivity index (χ1n) is 19.0. The van der Waals surface area contributed by atoms with Crippen molar-refractivity contribution in [1.82, 2.24) is 4.57 Å². The summed E-state index contributed by atoms with van der Waals surface area (Å²) in [7, 11) is 0. The van der Waals surface area contributed by atoms with Gasteiger partial charge in [0.25, 0.3) is 0 Å². The van der Waals surface area contributed by atoms with Crippen molar-refractivity contribution in [2.45, 2.75) is 31.2 Å². The monoisotopic (exact) mass is 692 g/mol. The lowest BCUT2D eigenvalue weighted by Crippen LogP contribution is -2.27. The number of allylic oxidation sites excluding steroid dienone is 4. The van der Waals surface area contributed by atoms with Gasteiger partial charge in [0.1, 0.15) is 11.2 Å². The molecule has 0 fully saturated rings. The molecular formula is C51H36N2O. The Morgan fingerprint density at radius 1 is 0.593 bits per heavy atom. The van der Waals surface area contributed by atoms with Crippen molar-refractivity contribution in [2.24, 2.45) is 0 Å². The minimum absolute atomic E-state index is 0.0427. The number of anilines is 2. The predicted octanol–water partition coefficient (Wildman–Crippen LogP) is 13.6. The zero-order valence-corrected chi connectivity index (χ0v) is 30.1. The second-order valence-corrected chi connectivity index (χ2v) is 15.6. The van der Waals surface area contributed by atoms with Crippen molar-refractivity contribution in [3.8, 4) is 22.3 Å². The summed E-state index contributed by atoms with van der Waals surface area (Å²) < 4.78 is 8.93. The lowest BCUT2D eigenvalue weighted by molar-refractivity contribution is 0.572. The molecule has 2 unspecified atom stereocenters. The number of furan rings is 1. The van der Waals surface area contributed by atoms with Gasteiger partial charge in [0.2, 0.25) is 0 Å². The Morgan fingerprint density at radius 2 is 1.30 bits per heavy atom. The number of rotatable bonds is 4. The van der Waals surface area contributed by atoms with E-state index in [0.29, 0.717) is 0 Å². The molecule has 7 aromatic carbocycles. The van der Waals surface area contributed by atoms with E-state index in [1.807, 2.05) is 6.07 Å². The molecule has 54 heavy (non-hydrogen) atoms. The average Bonchev–Trinajstić information content (AvgIpc) is 3.93. The number of para-hydroxylation sites is 3. The van der Waals surface area contributed by atoms with Crippen LogP contribution in [0.5, 0.6) is 0 Å². The van der Waals surface area contributed by atoms with E-state index in [1.54, 1.807) is 0 Å². The van der Waals surface area contributed by atoms with Crippen molar-refractivity contribution in [3.63, 3.8) is 0 Å². The molecule has 3 aliphatic rings. The van der Waals surface area contributed by atoms with Crippen molar-refractivity contribution in [2.75, 3.05) is 4.90 Å². The van der Waals surface area contributed by atoms with Gasteiger partial charge in [-0.1, -0.05) is 135 Å². The molecule has 2 atom stereocenters. The molecule has 0 saturated heterocycles. The maximum Gasteiger partial charge on any atom is 0.135 e. The summed E-state index contributed by atoms with van der Waals surface area (Å²) in [5, 5.41) is 4.89. The first kappa shape index (κ1) is 29.9. The van der Waals surface area contributed by atoms with E-state index < -0.39 is 0 Å². The highest BCUT2D eigenvalue weighted by Gasteiger charge is 2.41. The van der Waals surface area contributed by atoms with Crippen LogP contribution in [0.4, 0.5) is 11.4 Å². The Hall–Kier alpha value is -6.58. The molecule has 3 nitrogen and oxygen atoms in total. The Kier molecular flexibility index (Phi) is 5.96. The van der Waals surface area contributed by atoms with Gasteiger partial charge in [0.15, 0.2) is 0 Å². The van der Waals surface area contributed by atoms with Crippen molar-refractivity contribution in [1.29, 1.82) is 0 Å². The number of hydrogen-bond acceptors (Lipinski definition) is 2. The zero-order valence-electron chi connectivity index (χ0n) is 30.1. The third kappa shape index (κ3) is 3.91. The van der Waals surface area contributed by atoms with Crippen LogP contribution in [0.15, 0.2) is 180 Å². The Balaban J connectivity index is 1.06. The molecule has 0 spiro atoms. The van der Waals surface area contributed by atoms with Crippen LogP contribution in [0.25, 0.3) is 66.0 Å². The molecule has 9 aromatic rings. The molecule has 1 aliphatic heterocycles. The maximum absolute atomic E-state index is 6.32. The Morgan fingerprint density at radius 3 is 2.20 bits per heavy atom. The fraction of sp³-hybridized carbons (Fsp3) is 0.0980. The molecule has 0 N–H and O–H groups in total. The van der Waals surface area contributed by atoms with Crippen LogP contribution in [0, 0.1) is 0 Å². The summed E-state index contributed by atoms with van der Waals surface area (Å²) in [6.07, 6.45) is 7.00. The van der Waals surface area contributed by atoms with Crippen molar-refractivity contribution < 1.29 is 4.42 Å². The molecule has 3 heterocycles. The molecular weight excluding hydrogens is 657 g/mol. The largest absolute Gasteiger partial charge is 0.456 e. The highest BCUT2D eigenvalue weighted by Crippen LogP contribution is 2.55. The third-order valence-electron chi connectivity index (χ3n) is 12.5. The fourth-order valence-electron chi connectivity index (χ4n) is 10.2. The van der Waals surface area contributed by atoms with Gasteiger partial charge in [-0.15, -0.1) is 0 Å². The molecule has 256 valence electrons. The van der Waals surface area contributed by atoms with E-state index in [0.717, 1.165) is 33.3 Å². The number of benzene rings is 7. The second kappa shape index (κ2) is 10.7. The lowest BCUT2D eigenvalue weighted by atomic mass is 9.82. The van der Waals surface area contributed by atoms with Gasteiger partial charge >= 0.3 is 0 Å². The predicted molar refractivity (Wildman–Crippen MR) is 224 cm³/mol. The minimum Gasteiger partial charge on any atom is -0.456 e. The molecule has 0 radical (unpaired) electrons. The maximum atomic E-state index is 6.32. The number of fused-ring (bicyclic) bond motifs is 12. The summed E-state index contributed by atoms with van der Waals surface area (Å²) in [6.45, 7) is 4.70. The van der Waals surface area contributed by atoms with Gasteiger partial charge in [-0.05, 0) is 87.5 Å². The smallest absolute Gasteiger partial charge is 0.135 e. The lowest BCUT2D eigenvalue weighted by Gasteiger charge is -2.36. The number of hydrogen-bond donors (Lipinski definition) is 0. The van der Waals surface area contributed by atoms with Gasteiger partial charge in [0.05, 0.1) is 11.6 Å². The molecule has 12 rings (SSSR count). The van der Waals surface area contributed by atoms with Gasteiger partial charge in [0, 0.05) is 55.5 Å². The standard InChI is InChI=1S/C51H36N2O/c1-51(2)42-19-6-3-14-40(42)48-34(15-10-20-43(48)51)31-24-26-32(27-25-31)52(33-28-29-47-41(30-33)36-13-5-8-23-46(36)54-47)45-22-11-18-39-38-17-9-16-37-35-12-4-7-21-44(35)53(49(37)38)50(39)45/h3-30,39,50H,1-2H3. The topological polar surface area (TPSA) is 21.3 Å². The second-order valence-electron chi connectivity index (χ2n) is 15.6. The number of nitrogens with zero attached hydrogens (tertiary/aromatic N) is 2. The summed E-state index contributed by atoms with van der Waals surface area (Å²) in [4.78, 5) is 2.49. The minimum atomic E-state index is -0.0427. The van der Waals surface area contributed by atoms with E-state index in [-0.39, 0.29) is 17.4 Å². The van der Waals surface area contributed by atoms with Crippen LogP contribution in [0.2, 0.25) is 0 Å². The summed E-state index contributed by atoms with van der Waals surface area (Å²) >= 11 is 0. The third-order valence-corrected chi connectivity index (χ3v) is 12.5. The van der Waals surface area contributed by atoms with Gasteiger partial charge in [-0.2, -0.15) is 0 Å². The van der Waals surface area contributed by atoms with Crippen LogP contribution >= 0.6 is 0 Å². The summed E-state index contributed by atoms with van der Waals surface area (Å²) in [6, 6.07) is 55.9. The average molecular weight is 693 g/mol. The van der Waals surface area contributed by atoms with Crippen LogP contribution in [0.1, 0.15) is 42.5 Å². The van der Waals surface area contributed by atoms with Crippen LogP contribution in [-0.4, -0.2) is 4.57 Å². The molecule has 0 bridgehead atoms. The Labute approximate surface area is 313 Å². The molecule has 2 aliphatic carbocycles. The van der Waals surface area contributed by atoms with Gasteiger partial charge < -0.3 is 13.9 Å². The van der Waals surface area contributed by atoms with Crippen LogP contribution in [0.3, 0.4) is 0 Å².